The summed E-state index contributed by atoms with van der Waals surface area (Å²) >= 11 is 0. The molecule has 122 valence electrons. The molecule has 2 aromatic rings. The third kappa shape index (κ3) is 4.09. The van der Waals surface area contributed by atoms with Gasteiger partial charge in [0.2, 0.25) is 0 Å². The van der Waals surface area contributed by atoms with E-state index in [1.54, 1.807) is 18.2 Å². The first-order valence-electron chi connectivity index (χ1n) is 7.48. The van der Waals surface area contributed by atoms with E-state index in [1.807, 2.05) is 13.0 Å². The second kappa shape index (κ2) is 7.44. The molecule has 0 saturated carbocycles. The maximum atomic E-state index is 11.8. The Kier molecular flexibility index (Phi) is 5.35. The summed E-state index contributed by atoms with van der Waals surface area (Å²) in [5.41, 5.74) is 4.91. The molecule has 7 heteroatoms. The average molecular weight is 315 g/mol. The zero-order chi connectivity index (χ0) is 16.8. The summed E-state index contributed by atoms with van der Waals surface area (Å²) in [5, 5.41) is 20.4. The number of carbonyl (C=O) groups is 1. The fourth-order valence-corrected chi connectivity index (χ4v) is 2.18. The number of benzene rings is 1. The van der Waals surface area contributed by atoms with Crippen LogP contribution < -0.4 is 10.3 Å². The molecule has 0 aliphatic carbocycles. The number of amides is 1. The molecule has 1 heterocycles. The van der Waals surface area contributed by atoms with Gasteiger partial charge in [-0.05, 0) is 39.0 Å². The van der Waals surface area contributed by atoms with Crippen molar-refractivity contribution in [3.63, 3.8) is 0 Å². The summed E-state index contributed by atoms with van der Waals surface area (Å²) in [6.07, 6.45) is 1.40. The Hall–Kier alpha value is -2.83. The van der Waals surface area contributed by atoms with Gasteiger partial charge in [0.05, 0.1) is 6.21 Å². The number of aryl methyl sites for hydroxylation is 1. The highest BCUT2D eigenvalue weighted by molar-refractivity contribution is 5.93. The zero-order valence-corrected chi connectivity index (χ0v) is 13.5. The highest BCUT2D eigenvalue weighted by atomic mass is 16.3. The first kappa shape index (κ1) is 16.5. The average Bonchev–Trinajstić information content (AvgIpc) is 2.97. The lowest BCUT2D eigenvalue weighted by Gasteiger charge is -2.21. The first-order chi connectivity index (χ1) is 11.0. The van der Waals surface area contributed by atoms with Crippen molar-refractivity contribution in [1.29, 1.82) is 0 Å². The Bertz CT molecular complexity index is 704. The summed E-state index contributed by atoms with van der Waals surface area (Å²) < 4.78 is 0. The van der Waals surface area contributed by atoms with Gasteiger partial charge in [0.15, 0.2) is 5.69 Å². The fraction of sp³-hybridized carbons (Fsp3) is 0.312. The van der Waals surface area contributed by atoms with Gasteiger partial charge >= 0.3 is 0 Å². The number of phenolic OH excluding ortho intramolecular Hbond substituents is 1. The van der Waals surface area contributed by atoms with E-state index >= 15 is 0 Å². The molecule has 1 aromatic carbocycles. The minimum atomic E-state index is -0.412. The Morgan fingerprint density at radius 1 is 1.39 bits per heavy atom. The monoisotopic (exact) mass is 315 g/mol. The van der Waals surface area contributed by atoms with Crippen LogP contribution in [0.5, 0.6) is 5.75 Å². The van der Waals surface area contributed by atoms with E-state index in [9.17, 15) is 9.90 Å². The number of phenols is 1. The standard InChI is InChI=1S/C16H21N5O2/c1-4-21(5-2)13-7-6-12(15(22)9-13)10-17-20-16(23)14-8-11(3)18-19-14/h6-10,22H,4-5H2,1-3H3,(H,18,19)(H,20,23)/b17-10-. The lowest BCUT2D eigenvalue weighted by atomic mass is 10.2. The molecule has 0 spiro atoms. The van der Waals surface area contributed by atoms with Gasteiger partial charge in [0.25, 0.3) is 5.91 Å². The zero-order valence-electron chi connectivity index (χ0n) is 13.5. The van der Waals surface area contributed by atoms with E-state index in [0.29, 0.717) is 5.56 Å². The van der Waals surface area contributed by atoms with Crippen LogP contribution >= 0.6 is 0 Å². The molecule has 0 atom stereocenters. The van der Waals surface area contributed by atoms with Crippen molar-refractivity contribution in [2.45, 2.75) is 20.8 Å². The van der Waals surface area contributed by atoms with E-state index in [-0.39, 0.29) is 11.4 Å². The van der Waals surface area contributed by atoms with Crippen molar-refractivity contribution in [2.24, 2.45) is 5.10 Å². The Morgan fingerprint density at radius 2 is 2.13 bits per heavy atom. The summed E-state index contributed by atoms with van der Waals surface area (Å²) in [5.74, 6) is -0.298. The summed E-state index contributed by atoms with van der Waals surface area (Å²) in [6.45, 7) is 7.65. The van der Waals surface area contributed by atoms with Crippen molar-refractivity contribution < 1.29 is 9.90 Å². The molecule has 0 aliphatic rings. The molecule has 3 N–H and O–H groups in total. The van der Waals surface area contributed by atoms with E-state index < -0.39 is 5.91 Å². The van der Waals surface area contributed by atoms with Gasteiger partial charge in [-0.2, -0.15) is 10.2 Å². The van der Waals surface area contributed by atoms with Crippen molar-refractivity contribution in [1.82, 2.24) is 15.6 Å². The summed E-state index contributed by atoms with van der Waals surface area (Å²) in [7, 11) is 0. The third-order valence-corrected chi connectivity index (χ3v) is 3.45. The number of rotatable bonds is 6. The molecule has 0 bridgehead atoms. The Balaban J connectivity index is 2.03. The van der Waals surface area contributed by atoms with Gasteiger partial charge in [-0.15, -0.1) is 0 Å². The topological polar surface area (TPSA) is 93.6 Å². The van der Waals surface area contributed by atoms with Crippen molar-refractivity contribution in [3.8, 4) is 5.75 Å². The predicted octanol–water partition coefficient (Wildman–Crippen LogP) is 2.03. The summed E-state index contributed by atoms with van der Waals surface area (Å²) in [6, 6.07) is 6.98. The van der Waals surface area contributed by atoms with Gasteiger partial charge < -0.3 is 10.0 Å². The predicted molar refractivity (Wildman–Crippen MR) is 90.1 cm³/mol. The lowest BCUT2D eigenvalue weighted by Crippen LogP contribution is -2.21. The van der Waals surface area contributed by atoms with Crippen LogP contribution in [0.2, 0.25) is 0 Å². The number of aromatic nitrogens is 2. The van der Waals surface area contributed by atoms with Crippen molar-refractivity contribution in [2.75, 3.05) is 18.0 Å². The van der Waals surface area contributed by atoms with Crippen LogP contribution in [0.15, 0.2) is 29.4 Å². The van der Waals surface area contributed by atoms with Gasteiger partial charge in [0, 0.05) is 36.1 Å². The number of H-pyrrole nitrogens is 1. The molecule has 7 nitrogen and oxygen atoms in total. The van der Waals surface area contributed by atoms with Crippen LogP contribution in [0.4, 0.5) is 5.69 Å². The summed E-state index contributed by atoms with van der Waals surface area (Å²) in [4.78, 5) is 13.9. The lowest BCUT2D eigenvalue weighted by molar-refractivity contribution is 0.0950. The second-order valence-corrected chi connectivity index (χ2v) is 5.05. The second-order valence-electron chi connectivity index (χ2n) is 5.05. The van der Waals surface area contributed by atoms with Crippen LogP contribution in [0.3, 0.4) is 0 Å². The van der Waals surface area contributed by atoms with E-state index in [2.05, 4.69) is 39.5 Å². The number of hydrogen-bond donors (Lipinski definition) is 3. The number of carbonyl (C=O) groups excluding carboxylic acids is 1. The molecule has 1 amide bonds. The molecular weight excluding hydrogens is 294 g/mol. The Morgan fingerprint density at radius 3 is 2.70 bits per heavy atom. The van der Waals surface area contributed by atoms with Gasteiger partial charge in [-0.3, -0.25) is 9.89 Å². The first-order valence-corrected chi connectivity index (χ1v) is 7.48. The normalized spacial score (nSPS) is 10.9. The number of nitrogens with zero attached hydrogens (tertiary/aromatic N) is 3. The number of aromatic amines is 1. The fourth-order valence-electron chi connectivity index (χ4n) is 2.18. The van der Waals surface area contributed by atoms with Crippen LogP contribution in [0.25, 0.3) is 0 Å². The molecule has 0 unspecified atom stereocenters. The quantitative estimate of drug-likeness (QED) is 0.561. The molecule has 0 saturated heterocycles. The molecule has 0 fully saturated rings. The van der Waals surface area contributed by atoms with E-state index in [0.717, 1.165) is 24.5 Å². The van der Waals surface area contributed by atoms with Crippen LogP contribution in [0.1, 0.15) is 35.6 Å². The largest absolute Gasteiger partial charge is 0.507 e. The number of anilines is 1. The highest BCUT2D eigenvalue weighted by Gasteiger charge is 2.08. The molecule has 2 rings (SSSR count). The number of nitrogens with one attached hydrogen (secondary N) is 2. The van der Waals surface area contributed by atoms with E-state index in [4.69, 9.17) is 0 Å². The van der Waals surface area contributed by atoms with Gasteiger partial charge in [0.1, 0.15) is 5.75 Å². The maximum absolute atomic E-state index is 11.8. The molecule has 0 aliphatic heterocycles. The van der Waals surface area contributed by atoms with Crippen molar-refractivity contribution >= 4 is 17.8 Å². The minimum Gasteiger partial charge on any atom is -0.507 e. The van der Waals surface area contributed by atoms with Gasteiger partial charge in [-0.25, -0.2) is 5.43 Å². The van der Waals surface area contributed by atoms with Gasteiger partial charge in [-0.1, -0.05) is 0 Å². The maximum Gasteiger partial charge on any atom is 0.291 e. The molecule has 0 radical (unpaired) electrons. The third-order valence-electron chi connectivity index (χ3n) is 3.45. The number of aromatic hydroxyl groups is 1. The van der Waals surface area contributed by atoms with Crippen LogP contribution in [-0.4, -0.2) is 40.5 Å². The number of hydrogen-bond acceptors (Lipinski definition) is 5. The highest BCUT2D eigenvalue weighted by Crippen LogP contribution is 2.23. The van der Waals surface area contributed by atoms with Crippen LogP contribution in [0, 0.1) is 6.92 Å². The minimum absolute atomic E-state index is 0.114. The number of hydrazone groups is 1. The SMILES string of the molecule is CCN(CC)c1ccc(/C=N\NC(=O)c2cc(C)[nH]n2)c(O)c1. The smallest absolute Gasteiger partial charge is 0.291 e. The van der Waals surface area contributed by atoms with Crippen LogP contribution in [-0.2, 0) is 0 Å². The molecule has 23 heavy (non-hydrogen) atoms. The van der Waals surface area contributed by atoms with Crippen molar-refractivity contribution in [3.05, 3.63) is 41.2 Å². The van der Waals surface area contributed by atoms with E-state index in [1.165, 1.54) is 6.21 Å². The molecular formula is C16H21N5O2. The molecule has 1 aromatic heterocycles. The Labute approximate surface area is 135 Å².